The largest absolute Gasteiger partial charge is 0.482 e. The number of hydrogen-bond donors (Lipinski definition) is 3. The predicted molar refractivity (Wildman–Crippen MR) is 87.8 cm³/mol. The van der Waals surface area contributed by atoms with Crippen molar-refractivity contribution in [3.05, 3.63) is 28.2 Å². The summed E-state index contributed by atoms with van der Waals surface area (Å²) in [7, 11) is 0. The van der Waals surface area contributed by atoms with E-state index < -0.39 is 34.8 Å². The van der Waals surface area contributed by atoms with Crippen LogP contribution in [0.5, 0.6) is 5.75 Å². The van der Waals surface area contributed by atoms with Gasteiger partial charge in [0.05, 0.1) is 5.02 Å². The van der Waals surface area contributed by atoms with Crippen LogP contribution in [-0.4, -0.2) is 34.8 Å². The second kappa shape index (κ2) is 8.22. The lowest BCUT2D eigenvalue weighted by atomic mass is 10.3. The summed E-state index contributed by atoms with van der Waals surface area (Å²) in [6, 6.07) is 4.52. The van der Waals surface area contributed by atoms with Crippen LogP contribution in [0.3, 0.4) is 0 Å². The summed E-state index contributed by atoms with van der Waals surface area (Å²) in [5.74, 6) is -1.52. The van der Waals surface area contributed by atoms with Crippen molar-refractivity contribution in [2.45, 2.75) is 11.7 Å². The third-order valence-corrected chi connectivity index (χ3v) is 4.24. The Bertz CT molecular complexity index is 700. The molecule has 0 spiro atoms. The Morgan fingerprint density at radius 3 is 2.54 bits per heavy atom. The number of imide groups is 1. The highest BCUT2D eigenvalue weighted by Crippen LogP contribution is 2.27. The fraction of sp³-hybridized carbons (Fsp3) is 0.231. The van der Waals surface area contributed by atoms with Crippen LogP contribution in [0.2, 0.25) is 10.0 Å². The smallest absolute Gasteiger partial charge is 0.286 e. The van der Waals surface area contributed by atoms with Crippen LogP contribution in [0.4, 0.5) is 4.79 Å². The fourth-order valence-corrected chi connectivity index (χ4v) is 2.94. The molecule has 1 aromatic rings. The molecule has 0 aliphatic carbocycles. The van der Waals surface area contributed by atoms with Gasteiger partial charge in [-0.2, -0.15) is 0 Å². The van der Waals surface area contributed by atoms with Crippen LogP contribution in [0.1, 0.15) is 6.42 Å². The van der Waals surface area contributed by atoms with Gasteiger partial charge in [-0.25, -0.2) is 0 Å². The highest BCUT2D eigenvalue weighted by molar-refractivity contribution is 8.15. The molecule has 2 rings (SSSR count). The molecule has 1 heterocycles. The maximum Gasteiger partial charge on any atom is 0.286 e. The van der Waals surface area contributed by atoms with Crippen LogP contribution in [0.25, 0.3) is 0 Å². The molecule has 3 N–H and O–H groups in total. The molecule has 128 valence electrons. The molecule has 4 amide bonds. The molecule has 1 fully saturated rings. The van der Waals surface area contributed by atoms with Crippen LogP contribution >= 0.6 is 35.0 Å². The van der Waals surface area contributed by atoms with Crippen molar-refractivity contribution >= 4 is 57.9 Å². The minimum atomic E-state index is -0.807. The molecule has 24 heavy (non-hydrogen) atoms. The molecule has 0 bridgehead atoms. The summed E-state index contributed by atoms with van der Waals surface area (Å²) in [6.45, 7) is -0.390. The van der Waals surface area contributed by atoms with Crippen LogP contribution in [-0.2, 0) is 14.4 Å². The van der Waals surface area contributed by atoms with Gasteiger partial charge >= 0.3 is 0 Å². The number of ether oxygens (including phenoxy) is 1. The van der Waals surface area contributed by atoms with Gasteiger partial charge in [0.1, 0.15) is 11.0 Å². The van der Waals surface area contributed by atoms with Gasteiger partial charge < -0.3 is 4.74 Å². The third-order valence-electron chi connectivity index (χ3n) is 2.73. The number of carbonyl (C=O) groups excluding carboxylic acids is 4. The molecular formula is C13H11Cl2N3O5S. The van der Waals surface area contributed by atoms with Crippen LogP contribution in [0.15, 0.2) is 18.2 Å². The van der Waals surface area contributed by atoms with E-state index in [1.807, 2.05) is 0 Å². The first kappa shape index (κ1) is 18.4. The number of amides is 4. The molecule has 1 saturated heterocycles. The molecule has 1 aliphatic rings. The van der Waals surface area contributed by atoms with E-state index in [4.69, 9.17) is 27.9 Å². The van der Waals surface area contributed by atoms with E-state index in [2.05, 4.69) is 16.2 Å². The number of thioether (sulfide) groups is 1. The Balaban J connectivity index is 1.72. The first-order valence-electron chi connectivity index (χ1n) is 6.52. The van der Waals surface area contributed by atoms with Gasteiger partial charge in [-0.1, -0.05) is 35.0 Å². The maximum atomic E-state index is 11.6. The van der Waals surface area contributed by atoms with E-state index in [0.717, 1.165) is 11.8 Å². The van der Waals surface area contributed by atoms with Crippen molar-refractivity contribution in [3.63, 3.8) is 0 Å². The first-order chi connectivity index (χ1) is 11.3. The molecule has 1 aliphatic heterocycles. The zero-order chi connectivity index (χ0) is 17.7. The standard InChI is InChI=1S/C13H11Cl2N3O5S/c14-6-1-2-8(7(15)3-6)23-5-11(20)18-17-10(19)4-9-12(21)16-13(22)24-9/h1-3,9H,4-5H2,(H,17,19)(H,18,20)(H,16,21,22)/t9-/m1/s1. The minimum absolute atomic E-state index is 0.244. The number of benzene rings is 1. The SMILES string of the molecule is O=C(COc1ccc(Cl)cc1Cl)NNC(=O)C[C@H]1SC(=O)NC1=O. The molecule has 0 radical (unpaired) electrons. The topological polar surface area (TPSA) is 114 Å². The average molecular weight is 392 g/mol. The van der Waals surface area contributed by atoms with Gasteiger partial charge in [-0.15, -0.1) is 0 Å². The summed E-state index contributed by atoms with van der Waals surface area (Å²) in [6.07, 6.45) is -0.244. The van der Waals surface area contributed by atoms with Crippen molar-refractivity contribution < 1.29 is 23.9 Å². The molecule has 1 atom stereocenters. The molecule has 1 aromatic carbocycles. The summed E-state index contributed by atoms with van der Waals surface area (Å²) >= 11 is 12.3. The minimum Gasteiger partial charge on any atom is -0.482 e. The van der Waals surface area contributed by atoms with E-state index in [9.17, 15) is 19.2 Å². The number of carbonyl (C=O) groups is 4. The quantitative estimate of drug-likeness (QED) is 0.651. The Kier molecular flexibility index (Phi) is 6.29. The van der Waals surface area contributed by atoms with Gasteiger partial charge in [0.2, 0.25) is 11.8 Å². The summed E-state index contributed by atoms with van der Waals surface area (Å²) in [5.41, 5.74) is 4.25. The number of hydrogen-bond acceptors (Lipinski definition) is 6. The van der Waals surface area contributed by atoms with Gasteiger partial charge in [-0.3, -0.25) is 35.3 Å². The summed E-state index contributed by atoms with van der Waals surface area (Å²) in [4.78, 5) is 45.5. The second-order valence-corrected chi connectivity index (χ2v) is 6.57. The normalized spacial score (nSPS) is 16.5. The Morgan fingerprint density at radius 2 is 1.92 bits per heavy atom. The lowest BCUT2D eigenvalue weighted by Crippen LogP contribution is -2.45. The Labute approximate surface area is 150 Å². The van der Waals surface area contributed by atoms with E-state index >= 15 is 0 Å². The van der Waals surface area contributed by atoms with Crippen molar-refractivity contribution in [2.75, 3.05) is 6.61 Å². The summed E-state index contributed by atoms with van der Waals surface area (Å²) < 4.78 is 5.18. The monoisotopic (exact) mass is 391 g/mol. The van der Waals surface area contributed by atoms with Gasteiger partial charge in [-0.05, 0) is 18.2 Å². The van der Waals surface area contributed by atoms with E-state index in [-0.39, 0.29) is 17.2 Å². The zero-order valence-corrected chi connectivity index (χ0v) is 14.3. The highest BCUT2D eigenvalue weighted by Gasteiger charge is 2.33. The Morgan fingerprint density at radius 1 is 1.21 bits per heavy atom. The molecule has 11 heteroatoms. The molecule has 0 unspecified atom stereocenters. The van der Waals surface area contributed by atoms with Crippen LogP contribution in [0, 0.1) is 0 Å². The van der Waals surface area contributed by atoms with Crippen molar-refractivity contribution in [1.29, 1.82) is 0 Å². The number of halogens is 2. The number of rotatable bonds is 5. The fourth-order valence-electron chi connectivity index (χ4n) is 1.66. The second-order valence-electron chi connectivity index (χ2n) is 4.55. The van der Waals surface area contributed by atoms with Crippen molar-refractivity contribution in [1.82, 2.24) is 16.2 Å². The lowest BCUT2D eigenvalue weighted by molar-refractivity contribution is -0.130. The average Bonchev–Trinajstić information content (AvgIpc) is 2.82. The highest BCUT2D eigenvalue weighted by atomic mass is 35.5. The predicted octanol–water partition coefficient (Wildman–Crippen LogP) is 1.26. The molecule has 8 nitrogen and oxygen atoms in total. The third kappa shape index (κ3) is 5.29. The van der Waals surface area contributed by atoms with Gasteiger partial charge in [0, 0.05) is 11.4 Å². The van der Waals surface area contributed by atoms with Gasteiger partial charge in [0.25, 0.3) is 11.1 Å². The first-order valence-corrected chi connectivity index (χ1v) is 8.15. The molecule has 0 saturated carbocycles. The van der Waals surface area contributed by atoms with E-state index in [0.29, 0.717) is 5.02 Å². The lowest BCUT2D eigenvalue weighted by Gasteiger charge is -2.10. The van der Waals surface area contributed by atoms with Gasteiger partial charge in [0.15, 0.2) is 6.61 Å². The van der Waals surface area contributed by atoms with Crippen molar-refractivity contribution in [2.24, 2.45) is 0 Å². The zero-order valence-electron chi connectivity index (χ0n) is 11.9. The van der Waals surface area contributed by atoms with E-state index in [1.165, 1.54) is 12.1 Å². The Hall–Kier alpha value is -1.97. The maximum absolute atomic E-state index is 11.6. The van der Waals surface area contributed by atoms with E-state index in [1.54, 1.807) is 6.07 Å². The van der Waals surface area contributed by atoms with Crippen molar-refractivity contribution in [3.8, 4) is 5.75 Å². The van der Waals surface area contributed by atoms with Crippen LogP contribution < -0.4 is 20.9 Å². The number of nitrogens with one attached hydrogen (secondary N) is 3. The summed E-state index contributed by atoms with van der Waals surface area (Å²) in [5, 5.41) is 1.42. The molecule has 0 aromatic heterocycles. The number of hydrazine groups is 1. The molecular weight excluding hydrogens is 381 g/mol.